The quantitative estimate of drug-likeness (QED) is 0.842. The van der Waals surface area contributed by atoms with Gasteiger partial charge in [0.2, 0.25) is 0 Å². The summed E-state index contributed by atoms with van der Waals surface area (Å²) in [5.41, 5.74) is 3.50. The number of amides is 1. The summed E-state index contributed by atoms with van der Waals surface area (Å²) in [7, 11) is 0. The van der Waals surface area contributed by atoms with Crippen LogP contribution in [0.15, 0.2) is 18.2 Å². The summed E-state index contributed by atoms with van der Waals surface area (Å²) in [6.07, 6.45) is 8.93. The standard InChI is InChI=1S/C20H25NO3/c22-19(21-18-7-6-14-2-1-3-15(14)10-18)12-24-20(23)11-17-9-13-4-5-16(17)8-13/h6-7,10,13,16-17H,1-5,8-9,11-12H2,(H,21,22)/t13-,16+,17+/m0/s1. The molecule has 1 aromatic rings. The van der Waals surface area contributed by atoms with Crippen LogP contribution in [0.2, 0.25) is 0 Å². The van der Waals surface area contributed by atoms with Gasteiger partial charge in [0.15, 0.2) is 6.61 Å². The molecule has 1 amide bonds. The first-order valence-electron chi connectivity index (χ1n) is 9.24. The van der Waals surface area contributed by atoms with Crippen molar-refractivity contribution in [3.8, 4) is 0 Å². The number of esters is 1. The van der Waals surface area contributed by atoms with Gasteiger partial charge in [0, 0.05) is 12.1 Å². The highest BCUT2D eigenvalue weighted by Crippen LogP contribution is 2.49. The summed E-state index contributed by atoms with van der Waals surface area (Å²) in [5, 5.41) is 2.83. The van der Waals surface area contributed by atoms with E-state index in [1.165, 1.54) is 43.2 Å². The van der Waals surface area contributed by atoms with E-state index >= 15 is 0 Å². The predicted molar refractivity (Wildman–Crippen MR) is 91.6 cm³/mol. The molecule has 4 rings (SSSR count). The lowest BCUT2D eigenvalue weighted by atomic mass is 9.86. The van der Waals surface area contributed by atoms with Gasteiger partial charge in [-0.2, -0.15) is 0 Å². The second kappa shape index (κ2) is 6.58. The molecule has 24 heavy (non-hydrogen) atoms. The lowest BCUT2D eigenvalue weighted by Gasteiger charge is -2.20. The Morgan fingerprint density at radius 2 is 2.00 bits per heavy atom. The highest BCUT2D eigenvalue weighted by molar-refractivity contribution is 5.92. The molecule has 0 heterocycles. The van der Waals surface area contributed by atoms with E-state index in [0.717, 1.165) is 24.4 Å². The van der Waals surface area contributed by atoms with E-state index in [1.807, 2.05) is 12.1 Å². The molecular formula is C20H25NO3. The fourth-order valence-corrected chi connectivity index (χ4v) is 4.89. The van der Waals surface area contributed by atoms with Crippen molar-refractivity contribution in [1.29, 1.82) is 0 Å². The summed E-state index contributed by atoms with van der Waals surface area (Å²) >= 11 is 0. The molecule has 2 fully saturated rings. The predicted octanol–water partition coefficient (Wildman–Crippen LogP) is 3.48. The number of aryl methyl sites for hydroxylation is 2. The third-order valence-electron chi connectivity index (χ3n) is 6.06. The normalized spacial score (nSPS) is 27.1. The number of rotatable bonds is 5. The molecule has 1 N–H and O–H groups in total. The van der Waals surface area contributed by atoms with E-state index in [0.29, 0.717) is 18.3 Å². The van der Waals surface area contributed by atoms with E-state index in [2.05, 4.69) is 11.4 Å². The van der Waals surface area contributed by atoms with Gasteiger partial charge in [0.05, 0.1) is 0 Å². The second-order valence-corrected chi connectivity index (χ2v) is 7.68. The Kier molecular flexibility index (Phi) is 4.30. The molecule has 3 aliphatic rings. The molecule has 2 saturated carbocycles. The van der Waals surface area contributed by atoms with Gasteiger partial charge in [0.25, 0.3) is 5.91 Å². The third-order valence-corrected chi connectivity index (χ3v) is 6.06. The first kappa shape index (κ1) is 15.7. The number of carbonyl (C=O) groups excluding carboxylic acids is 2. The minimum atomic E-state index is -0.255. The molecule has 0 unspecified atom stereocenters. The van der Waals surface area contributed by atoms with Crippen LogP contribution in [0.1, 0.15) is 49.7 Å². The number of carbonyl (C=O) groups is 2. The zero-order valence-electron chi connectivity index (χ0n) is 14.1. The summed E-state index contributed by atoms with van der Waals surface area (Å²) in [5.74, 6) is 1.54. The van der Waals surface area contributed by atoms with E-state index in [1.54, 1.807) is 0 Å². The Balaban J connectivity index is 1.22. The number of nitrogens with one attached hydrogen (secondary N) is 1. The van der Waals surface area contributed by atoms with E-state index in [-0.39, 0.29) is 18.5 Å². The van der Waals surface area contributed by atoms with Crippen molar-refractivity contribution >= 4 is 17.6 Å². The minimum absolute atomic E-state index is 0.184. The average Bonchev–Trinajstić information content (AvgIpc) is 3.28. The van der Waals surface area contributed by atoms with Crippen LogP contribution in [0.3, 0.4) is 0 Å². The minimum Gasteiger partial charge on any atom is -0.456 e. The van der Waals surface area contributed by atoms with Crippen molar-refractivity contribution in [3.05, 3.63) is 29.3 Å². The van der Waals surface area contributed by atoms with Crippen LogP contribution < -0.4 is 5.32 Å². The van der Waals surface area contributed by atoms with Crippen molar-refractivity contribution in [2.24, 2.45) is 17.8 Å². The molecule has 0 saturated heterocycles. The Hall–Kier alpha value is -1.84. The fourth-order valence-electron chi connectivity index (χ4n) is 4.89. The van der Waals surface area contributed by atoms with Crippen LogP contribution >= 0.6 is 0 Å². The third kappa shape index (κ3) is 3.33. The maximum Gasteiger partial charge on any atom is 0.306 e. The van der Waals surface area contributed by atoms with Gasteiger partial charge in [-0.15, -0.1) is 0 Å². The molecule has 2 bridgehead atoms. The van der Waals surface area contributed by atoms with Crippen LogP contribution in [0, 0.1) is 17.8 Å². The smallest absolute Gasteiger partial charge is 0.306 e. The van der Waals surface area contributed by atoms with Gasteiger partial charge in [-0.1, -0.05) is 12.5 Å². The molecule has 1 aromatic carbocycles. The first-order valence-corrected chi connectivity index (χ1v) is 9.24. The average molecular weight is 327 g/mol. The molecule has 4 nitrogen and oxygen atoms in total. The number of hydrogen-bond acceptors (Lipinski definition) is 3. The first-order chi connectivity index (χ1) is 11.7. The number of benzene rings is 1. The largest absolute Gasteiger partial charge is 0.456 e. The summed E-state index contributed by atoms with van der Waals surface area (Å²) in [6.45, 7) is -0.184. The van der Waals surface area contributed by atoms with Gasteiger partial charge >= 0.3 is 5.97 Å². The maximum absolute atomic E-state index is 12.0. The van der Waals surface area contributed by atoms with Gasteiger partial charge < -0.3 is 10.1 Å². The van der Waals surface area contributed by atoms with Crippen molar-refractivity contribution < 1.29 is 14.3 Å². The Bertz CT molecular complexity index is 654. The summed E-state index contributed by atoms with van der Waals surface area (Å²) in [4.78, 5) is 24.0. The molecule has 0 spiro atoms. The van der Waals surface area contributed by atoms with Crippen LogP contribution in [0.5, 0.6) is 0 Å². The Morgan fingerprint density at radius 3 is 2.79 bits per heavy atom. The molecule has 3 atom stereocenters. The van der Waals surface area contributed by atoms with Gasteiger partial charge in [0.1, 0.15) is 0 Å². The second-order valence-electron chi connectivity index (χ2n) is 7.68. The van der Waals surface area contributed by atoms with Crippen LogP contribution in [0.4, 0.5) is 5.69 Å². The molecular weight excluding hydrogens is 302 g/mol. The number of fused-ring (bicyclic) bond motifs is 3. The van der Waals surface area contributed by atoms with E-state index < -0.39 is 0 Å². The lowest BCUT2D eigenvalue weighted by molar-refractivity contribution is -0.148. The van der Waals surface area contributed by atoms with Gasteiger partial charge in [-0.25, -0.2) is 0 Å². The lowest BCUT2D eigenvalue weighted by Crippen LogP contribution is -2.23. The molecule has 0 aromatic heterocycles. The Labute approximate surface area is 143 Å². The Morgan fingerprint density at radius 1 is 1.12 bits per heavy atom. The molecule has 4 heteroatoms. The zero-order valence-corrected chi connectivity index (χ0v) is 14.1. The topological polar surface area (TPSA) is 55.4 Å². The monoisotopic (exact) mass is 327 g/mol. The molecule has 3 aliphatic carbocycles. The van der Waals surface area contributed by atoms with Crippen LogP contribution in [0.25, 0.3) is 0 Å². The van der Waals surface area contributed by atoms with E-state index in [9.17, 15) is 9.59 Å². The van der Waals surface area contributed by atoms with Crippen molar-refractivity contribution in [2.45, 2.75) is 51.4 Å². The van der Waals surface area contributed by atoms with Crippen LogP contribution in [-0.4, -0.2) is 18.5 Å². The van der Waals surface area contributed by atoms with Crippen molar-refractivity contribution in [1.82, 2.24) is 0 Å². The summed E-state index contributed by atoms with van der Waals surface area (Å²) in [6, 6.07) is 6.05. The summed E-state index contributed by atoms with van der Waals surface area (Å²) < 4.78 is 5.19. The van der Waals surface area contributed by atoms with Crippen LogP contribution in [-0.2, 0) is 27.2 Å². The molecule has 128 valence electrons. The maximum atomic E-state index is 12.0. The molecule has 0 aliphatic heterocycles. The van der Waals surface area contributed by atoms with Gasteiger partial charge in [-0.3, -0.25) is 9.59 Å². The fraction of sp³-hybridized carbons (Fsp3) is 0.600. The number of hydrogen-bond donors (Lipinski definition) is 1. The highest BCUT2D eigenvalue weighted by atomic mass is 16.5. The highest BCUT2D eigenvalue weighted by Gasteiger charge is 2.40. The number of anilines is 1. The van der Waals surface area contributed by atoms with Crippen molar-refractivity contribution in [3.63, 3.8) is 0 Å². The van der Waals surface area contributed by atoms with E-state index in [4.69, 9.17) is 4.74 Å². The zero-order chi connectivity index (χ0) is 16.5. The van der Waals surface area contributed by atoms with Gasteiger partial charge in [-0.05, 0) is 79.5 Å². The van der Waals surface area contributed by atoms with Crippen molar-refractivity contribution in [2.75, 3.05) is 11.9 Å². The molecule has 0 radical (unpaired) electrons. The number of ether oxygens (including phenoxy) is 1. The SMILES string of the molecule is O=C(COC(=O)C[C@H]1C[C@H]2CC[C@@H]1C2)Nc1ccc2c(c1)CCC2.